The van der Waals surface area contributed by atoms with E-state index in [1.807, 2.05) is 6.92 Å². The fourth-order valence-electron chi connectivity index (χ4n) is 0.901. The Bertz CT molecular complexity index is 350. The van der Waals surface area contributed by atoms with Gasteiger partial charge in [0.1, 0.15) is 5.69 Å². The zero-order chi connectivity index (χ0) is 10.4. The number of hydrogen-bond donors (Lipinski definition) is 3. The van der Waals surface area contributed by atoms with Crippen LogP contribution in [0.1, 0.15) is 19.0 Å². The topological polar surface area (TPSA) is 96.2 Å². The molecule has 0 aliphatic carbocycles. The van der Waals surface area contributed by atoms with E-state index in [2.05, 4.69) is 20.6 Å². The Morgan fingerprint density at radius 1 is 1.71 bits per heavy atom. The first-order chi connectivity index (χ1) is 6.77. The minimum Gasteiger partial charge on any atom is -0.307 e. The lowest BCUT2D eigenvalue weighted by atomic mass is 10.3. The summed E-state index contributed by atoms with van der Waals surface area (Å²) in [5.41, 5.74) is 2.72. The zero-order valence-electron chi connectivity index (χ0n) is 7.95. The number of nitrogens with zero attached hydrogens (tertiary/aromatic N) is 2. The molecule has 0 aliphatic heterocycles. The summed E-state index contributed by atoms with van der Waals surface area (Å²) in [4.78, 5) is 14.9. The van der Waals surface area contributed by atoms with E-state index in [1.165, 1.54) is 6.07 Å². The van der Waals surface area contributed by atoms with E-state index in [0.29, 0.717) is 18.1 Å². The zero-order valence-corrected chi connectivity index (χ0v) is 7.95. The average molecular weight is 195 g/mol. The van der Waals surface area contributed by atoms with Gasteiger partial charge in [0, 0.05) is 12.6 Å². The first-order valence-corrected chi connectivity index (χ1v) is 4.35. The number of nitrogens with two attached hydrogens (primary N) is 1. The molecule has 14 heavy (non-hydrogen) atoms. The van der Waals surface area contributed by atoms with Crippen LogP contribution in [0, 0.1) is 0 Å². The lowest BCUT2D eigenvalue weighted by Crippen LogP contribution is -2.32. The molecule has 0 amide bonds. The molecule has 0 atom stereocenters. The highest BCUT2D eigenvalue weighted by Gasteiger charge is 2.01. The highest BCUT2D eigenvalue weighted by molar-refractivity contribution is 5.96. The highest BCUT2D eigenvalue weighted by Crippen LogP contribution is 1.90. The Morgan fingerprint density at radius 2 is 2.50 bits per heavy atom. The summed E-state index contributed by atoms with van der Waals surface area (Å²) in [5, 5.41) is 6.10. The number of nitrogens with one attached hydrogen (secondary N) is 2. The largest absolute Gasteiger partial charge is 0.307 e. The van der Waals surface area contributed by atoms with Gasteiger partial charge in [0.2, 0.25) is 0 Å². The van der Waals surface area contributed by atoms with Gasteiger partial charge >= 0.3 is 0 Å². The standard InChI is InChI=1S/C8H13N5O/c1-2-5-10-8(11-9)6-3-4-7(14)13-12-6/h3-4H,2,5,9H2,1H3,(H,10,11)(H,13,14). The van der Waals surface area contributed by atoms with Crippen molar-refractivity contribution >= 4 is 5.84 Å². The van der Waals surface area contributed by atoms with Crippen molar-refractivity contribution in [1.82, 2.24) is 15.6 Å². The van der Waals surface area contributed by atoms with Gasteiger partial charge in [-0.1, -0.05) is 6.92 Å². The number of rotatable bonds is 3. The SMILES string of the molecule is CCCN=C(NN)c1ccc(=O)[nH]n1. The van der Waals surface area contributed by atoms with Crippen LogP contribution in [0.3, 0.4) is 0 Å². The summed E-state index contributed by atoms with van der Waals surface area (Å²) < 4.78 is 0. The molecule has 0 bridgehead atoms. The molecule has 0 aromatic carbocycles. The summed E-state index contributed by atoms with van der Waals surface area (Å²) in [6.45, 7) is 2.68. The second-order valence-electron chi connectivity index (χ2n) is 2.68. The maximum Gasteiger partial charge on any atom is 0.264 e. The minimum absolute atomic E-state index is 0.249. The molecule has 1 aromatic rings. The Kier molecular flexibility index (Phi) is 3.81. The van der Waals surface area contributed by atoms with Gasteiger partial charge in [0.15, 0.2) is 5.84 Å². The molecular weight excluding hydrogens is 182 g/mol. The molecule has 6 nitrogen and oxygen atoms in total. The van der Waals surface area contributed by atoms with Crippen LogP contribution in [0.25, 0.3) is 0 Å². The van der Waals surface area contributed by atoms with E-state index in [0.717, 1.165) is 6.42 Å². The van der Waals surface area contributed by atoms with E-state index in [4.69, 9.17) is 5.84 Å². The van der Waals surface area contributed by atoms with Crippen LogP contribution in [0.5, 0.6) is 0 Å². The van der Waals surface area contributed by atoms with Crippen LogP contribution in [-0.2, 0) is 0 Å². The van der Waals surface area contributed by atoms with Crippen LogP contribution in [-0.4, -0.2) is 22.6 Å². The molecule has 0 saturated carbocycles. The average Bonchev–Trinajstić information content (AvgIpc) is 2.21. The summed E-state index contributed by atoms with van der Waals surface area (Å²) in [7, 11) is 0. The van der Waals surface area contributed by atoms with Gasteiger partial charge in [0.25, 0.3) is 5.56 Å². The molecule has 1 rings (SSSR count). The van der Waals surface area contributed by atoms with Crippen LogP contribution < -0.4 is 16.8 Å². The lowest BCUT2D eigenvalue weighted by molar-refractivity contribution is 0.891. The van der Waals surface area contributed by atoms with Gasteiger partial charge in [-0.05, 0) is 12.5 Å². The van der Waals surface area contributed by atoms with Crippen LogP contribution in [0.2, 0.25) is 0 Å². The molecule has 4 N–H and O–H groups in total. The van der Waals surface area contributed by atoms with Crippen LogP contribution in [0.15, 0.2) is 21.9 Å². The van der Waals surface area contributed by atoms with Gasteiger partial charge < -0.3 is 5.43 Å². The molecule has 0 unspecified atom stereocenters. The number of H-pyrrole nitrogens is 1. The van der Waals surface area contributed by atoms with E-state index >= 15 is 0 Å². The lowest BCUT2D eigenvalue weighted by Gasteiger charge is -2.02. The Balaban J connectivity index is 2.89. The number of aliphatic imine (C=N–C) groups is 1. The third-order valence-corrected chi connectivity index (χ3v) is 1.55. The van der Waals surface area contributed by atoms with Crippen LogP contribution >= 0.6 is 0 Å². The quantitative estimate of drug-likeness (QED) is 0.259. The fourth-order valence-corrected chi connectivity index (χ4v) is 0.901. The van der Waals surface area contributed by atoms with Crippen molar-refractivity contribution in [2.24, 2.45) is 10.8 Å². The summed E-state index contributed by atoms with van der Waals surface area (Å²) in [6, 6.07) is 2.94. The third kappa shape index (κ3) is 2.67. The van der Waals surface area contributed by atoms with E-state index in [1.54, 1.807) is 6.07 Å². The monoisotopic (exact) mass is 195 g/mol. The molecule has 6 heteroatoms. The molecule has 0 saturated heterocycles. The first kappa shape index (κ1) is 10.4. The second kappa shape index (κ2) is 5.13. The van der Waals surface area contributed by atoms with Gasteiger partial charge in [-0.15, -0.1) is 0 Å². The van der Waals surface area contributed by atoms with Crippen molar-refractivity contribution in [2.75, 3.05) is 6.54 Å². The number of hydrogen-bond acceptors (Lipinski definition) is 4. The van der Waals surface area contributed by atoms with E-state index < -0.39 is 0 Å². The van der Waals surface area contributed by atoms with Crippen molar-refractivity contribution in [2.45, 2.75) is 13.3 Å². The molecule has 1 aromatic heterocycles. The molecule has 0 fully saturated rings. The maximum atomic E-state index is 10.7. The first-order valence-electron chi connectivity index (χ1n) is 4.35. The molecule has 0 radical (unpaired) electrons. The Hall–Kier alpha value is -1.69. The maximum absolute atomic E-state index is 10.7. The number of aromatic amines is 1. The minimum atomic E-state index is -0.249. The van der Waals surface area contributed by atoms with Crippen molar-refractivity contribution in [3.63, 3.8) is 0 Å². The van der Waals surface area contributed by atoms with Crippen molar-refractivity contribution < 1.29 is 0 Å². The molecule has 0 aliphatic rings. The third-order valence-electron chi connectivity index (χ3n) is 1.55. The Labute approximate surface area is 81.2 Å². The predicted molar refractivity (Wildman–Crippen MR) is 53.9 cm³/mol. The van der Waals surface area contributed by atoms with Gasteiger partial charge in [-0.2, -0.15) is 5.10 Å². The summed E-state index contributed by atoms with van der Waals surface area (Å²) >= 11 is 0. The van der Waals surface area contributed by atoms with Gasteiger partial charge in [0.05, 0.1) is 0 Å². The van der Waals surface area contributed by atoms with Crippen molar-refractivity contribution in [1.29, 1.82) is 0 Å². The number of aromatic nitrogens is 2. The molecular formula is C8H13N5O. The Morgan fingerprint density at radius 3 is 3.00 bits per heavy atom. The molecule has 1 heterocycles. The number of amidine groups is 1. The normalized spacial score (nSPS) is 11.4. The molecule has 76 valence electrons. The van der Waals surface area contributed by atoms with Crippen molar-refractivity contribution in [3.05, 3.63) is 28.2 Å². The summed E-state index contributed by atoms with van der Waals surface area (Å²) in [5.74, 6) is 5.75. The fraction of sp³-hybridized carbons (Fsp3) is 0.375. The van der Waals surface area contributed by atoms with Crippen molar-refractivity contribution in [3.8, 4) is 0 Å². The number of hydrazine groups is 1. The van der Waals surface area contributed by atoms with E-state index in [-0.39, 0.29) is 5.56 Å². The smallest absolute Gasteiger partial charge is 0.264 e. The van der Waals surface area contributed by atoms with Crippen LogP contribution in [0.4, 0.5) is 0 Å². The highest BCUT2D eigenvalue weighted by atomic mass is 16.1. The van der Waals surface area contributed by atoms with Gasteiger partial charge in [-0.3, -0.25) is 9.79 Å². The summed E-state index contributed by atoms with van der Waals surface area (Å²) in [6.07, 6.45) is 0.925. The van der Waals surface area contributed by atoms with E-state index in [9.17, 15) is 4.79 Å². The molecule has 0 spiro atoms. The predicted octanol–water partition coefficient (Wildman–Crippen LogP) is -0.610. The second-order valence-corrected chi connectivity index (χ2v) is 2.68. The van der Waals surface area contributed by atoms with Gasteiger partial charge in [-0.25, -0.2) is 10.9 Å².